The Bertz CT molecular complexity index is 2980. The highest BCUT2D eigenvalue weighted by Crippen LogP contribution is 2.47. The van der Waals surface area contributed by atoms with Gasteiger partial charge in [-0.3, -0.25) is 9.55 Å². The Labute approximate surface area is 288 Å². The fourth-order valence-electron chi connectivity index (χ4n) is 8.28. The minimum absolute atomic E-state index is 0.792. The highest BCUT2D eigenvalue weighted by molar-refractivity contribution is 6.26. The molecular weight excluding hydrogens is 609 g/mol. The molecule has 3 aromatic heterocycles. The van der Waals surface area contributed by atoms with Gasteiger partial charge in [0.25, 0.3) is 0 Å². The van der Waals surface area contributed by atoms with Crippen molar-refractivity contribution in [3.63, 3.8) is 0 Å². The summed E-state index contributed by atoms with van der Waals surface area (Å²) in [5.41, 5.74) is 14.3. The summed E-state index contributed by atoms with van der Waals surface area (Å²) >= 11 is 0. The van der Waals surface area contributed by atoms with Crippen molar-refractivity contribution in [2.45, 2.75) is 0 Å². The third kappa shape index (κ3) is 3.70. The third-order valence-electron chi connectivity index (χ3n) is 10.3. The van der Waals surface area contributed by atoms with Crippen LogP contribution in [-0.2, 0) is 0 Å². The lowest BCUT2D eigenvalue weighted by atomic mass is 9.84. The molecule has 0 N–H and O–H groups in total. The zero-order valence-corrected chi connectivity index (χ0v) is 27.0. The van der Waals surface area contributed by atoms with E-state index in [0.29, 0.717) is 0 Å². The summed E-state index contributed by atoms with van der Waals surface area (Å²) < 4.78 is 4.71. The van der Waals surface area contributed by atoms with Gasteiger partial charge in [0.1, 0.15) is 0 Å². The Kier molecular flexibility index (Phi) is 5.63. The van der Waals surface area contributed by atoms with Crippen LogP contribution in [0.4, 0.5) is 0 Å². The molecule has 1 aliphatic carbocycles. The lowest BCUT2D eigenvalue weighted by Crippen LogP contribution is -2.05. The van der Waals surface area contributed by atoms with Gasteiger partial charge >= 0.3 is 0 Å². The van der Waals surface area contributed by atoms with E-state index in [-0.39, 0.29) is 0 Å². The normalized spacial score (nSPS) is 12.0. The third-order valence-corrected chi connectivity index (χ3v) is 10.3. The highest BCUT2D eigenvalue weighted by Gasteiger charge is 2.26. The quantitative estimate of drug-likeness (QED) is 0.189. The van der Waals surface area contributed by atoms with E-state index in [9.17, 15) is 0 Å². The van der Waals surface area contributed by atoms with E-state index < -0.39 is 0 Å². The van der Waals surface area contributed by atoms with Crippen molar-refractivity contribution in [2.75, 3.05) is 0 Å². The molecule has 232 valence electrons. The fraction of sp³-hybridized carbons (Fsp3) is 0. The molecule has 1 aliphatic rings. The summed E-state index contributed by atoms with van der Waals surface area (Å²) in [5.74, 6) is 0.792. The Balaban J connectivity index is 1.28. The number of hydrogen-bond acceptors (Lipinski definition) is 2. The average molecular weight is 637 g/mol. The number of fused-ring (bicyclic) bond motifs is 15. The van der Waals surface area contributed by atoms with E-state index in [1.54, 1.807) is 0 Å². The number of benzene rings is 7. The molecule has 0 spiro atoms. The molecule has 11 rings (SSSR count). The molecule has 0 amide bonds. The molecule has 0 saturated heterocycles. The van der Waals surface area contributed by atoms with E-state index in [2.05, 4.69) is 173 Å². The molecule has 0 saturated carbocycles. The molecule has 4 heteroatoms. The van der Waals surface area contributed by atoms with Crippen LogP contribution < -0.4 is 0 Å². The SMILES string of the molecule is c1ccc(-n2c3ccccc3c3c2ccc2c4ccccc4n(-c4cnc5c(n4)-c4ccccc4-c4ccccc4-c4ccccc4-5)c23)cc1. The summed E-state index contributed by atoms with van der Waals surface area (Å²) in [4.78, 5) is 10.9. The predicted molar refractivity (Wildman–Crippen MR) is 206 cm³/mol. The molecule has 0 unspecified atom stereocenters. The maximum atomic E-state index is 5.62. The standard InChI is InChI=1S/C46H28N4/c1-2-14-29(15-3-1)49-40-25-13-11-23-38(40)43-41(49)27-26-37-34-20-10-12-24-39(34)50(46(37)43)42-28-47-44-35-21-8-6-18-32(35)30-16-4-5-17-31(30)33-19-7-9-22-36(33)45(44)48-42/h1-28H. The van der Waals surface area contributed by atoms with Gasteiger partial charge < -0.3 is 4.57 Å². The van der Waals surface area contributed by atoms with Gasteiger partial charge in [-0.1, -0.05) is 133 Å². The summed E-state index contributed by atoms with van der Waals surface area (Å²) in [6.07, 6.45) is 1.97. The van der Waals surface area contributed by atoms with Gasteiger partial charge in [-0.05, 0) is 52.6 Å². The lowest BCUT2D eigenvalue weighted by molar-refractivity contribution is 1.05. The second-order valence-electron chi connectivity index (χ2n) is 13.0. The van der Waals surface area contributed by atoms with Crippen molar-refractivity contribution in [2.24, 2.45) is 0 Å². The Hall–Kier alpha value is -6.78. The maximum absolute atomic E-state index is 5.62. The number of aromatic nitrogens is 4. The molecule has 0 aliphatic heterocycles. The first-order valence-electron chi connectivity index (χ1n) is 17.0. The van der Waals surface area contributed by atoms with Gasteiger partial charge in [0.15, 0.2) is 5.82 Å². The van der Waals surface area contributed by atoms with Crippen LogP contribution in [0.15, 0.2) is 170 Å². The van der Waals surface area contributed by atoms with Crippen LogP contribution in [0, 0.1) is 0 Å². The second kappa shape index (κ2) is 10.4. The summed E-state index contributed by atoms with van der Waals surface area (Å²) in [6.45, 7) is 0. The average Bonchev–Trinajstić information content (AvgIpc) is 3.70. The fourth-order valence-corrected chi connectivity index (χ4v) is 8.28. The molecule has 4 nitrogen and oxygen atoms in total. The zero-order chi connectivity index (χ0) is 32.8. The number of hydrogen-bond donors (Lipinski definition) is 0. The van der Waals surface area contributed by atoms with Crippen LogP contribution in [0.2, 0.25) is 0 Å². The summed E-state index contributed by atoms with van der Waals surface area (Å²) in [5, 5.41) is 4.79. The van der Waals surface area contributed by atoms with E-state index >= 15 is 0 Å². The monoisotopic (exact) mass is 636 g/mol. The van der Waals surface area contributed by atoms with Gasteiger partial charge in [-0.15, -0.1) is 0 Å². The van der Waals surface area contributed by atoms with Crippen molar-refractivity contribution < 1.29 is 0 Å². The van der Waals surface area contributed by atoms with Crippen LogP contribution in [0.3, 0.4) is 0 Å². The molecule has 3 heterocycles. The van der Waals surface area contributed by atoms with E-state index in [1.807, 2.05) is 6.20 Å². The number of nitrogens with zero attached hydrogens (tertiary/aromatic N) is 4. The van der Waals surface area contributed by atoms with E-state index in [0.717, 1.165) is 61.7 Å². The van der Waals surface area contributed by atoms with Crippen molar-refractivity contribution in [1.29, 1.82) is 0 Å². The Morgan fingerprint density at radius 3 is 1.56 bits per heavy atom. The molecule has 0 atom stereocenters. The van der Waals surface area contributed by atoms with E-state index in [1.165, 1.54) is 38.2 Å². The highest BCUT2D eigenvalue weighted by atomic mass is 15.1. The molecule has 0 bridgehead atoms. The Morgan fingerprint density at radius 2 is 0.880 bits per heavy atom. The lowest BCUT2D eigenvalue weighted by Gasteiger charge is -2.22. The predicted octanol–water partition coefficient (Wildman–Crippen LogP) is 11.7. The van der Waals surface area contributed by atoms with Crippen LogP contribution in [-0.4, -0.2) is 19.1 Å². The van der Waals surface area contributed by atoms with Gasteiger partial charge in [-0.25, -0.2) is 4.98 Å². The first-order valence-corrected chi connectivity index (χ1v) is 17.0. The molecule has 7 aromatic carbocycles. The van der Waals surface area contributed by atoms with Crippen LogP contribution in [0.5, 0.6) is 0 Å². The maximum Gasteiger partial charge on any atom is 0.156 e. The van der Waals surface area contributed by atoms with Crippen molar-refractivity contribution in [1.82, 2.24) is 19.1 Å². The van der Waals surface area contributed by atoms with Crippen molar-refractivity contribution in [3.8, 4) is 56.3 Å². The zero-order valence-electron chi connectivity index (χ0n) is 27.0. The molecular formula is C46H28N4. The summed E-state index contributed by atoms with van der Waals surface area (Å²) in [7, 11) is 0. The van der Waals surface area contributed by atoms with Crippen LogP contribution in [0.1, 0.15) is 0 Å². The summed E-state index contributed by atoms with van der Waals surface area (Å²) in [6, 6.07) is 58.5. The topological polar surface area (TPSA) is 35.6 Å². The molecule has 10 aromatic rings. The van der Waals surface area contributed by atoms with Gasteiger partial charge in [0.2, 0.25) is 0 Å². The van der Waals surface area contributed by atoms with Gasteiger partial charge in [0.05, 0.1) is 39.7 Å². The van der Waals surface area contributed by atoms with E-state index in [4.69, 9.17) is 9.97 Å². The first kappa shape index (κ1) is 27.2. The molecule has 50 heavy (non-hydrogen) atoms. The largest absolute Gasteiger partial charge is 0.309 e. The number of rotatable bonds is 2. The van der Waals surface area contributed by atoms with Crippen LogP contribution in [0.25, 0.3) is 99.9 Å². The minimum Gasteiger partial charge on any atom is -0.309 e. The molecule has 0 fully saturated rings. The Morgan fingerprint density at radius 1 is 0.360 bits per heavy atom. The van der Waals surface area contributed by atoms with Crippen molar-refractivity contribution >= 4 is 43.6 Å². The second-order valence-corrected chi connectivity index (χ2v) is 13.0. The van der Waals surface area contributed by atoms with Crippen molar-refractivity contribution in [3.05, 3.63) is 170 Å². The van der Waals surface area contributed by atoms with Gasteiger partial charge in [-0.2, -0.15) is 0 Å². The molecule has 0 radical (unpaired) electrons. The smallest absolute Gasteiger partial charge is 0.156 e. The number of para-hydroxylation sites is 3. The first-order chi connectivity index (χ1) is 24.8. The van der Waals surface area contributed by atoms with Gasteiger partial charge in [0, 0.05) is 38.4 Å². The van der Waals surface area contributed by atoms with Crippen LogP contribution >= 0.6 is 0 Å². The minimum atomic E-state index is 0.792.